The number of alkyl halides is 3. The number of hydrogen-bond donors (Lipinski definition) is 1. The number of aromatic nitrogens is 1. The van der Waals surface area contributed by atoms with Crippen LogP contribution in [0.5, 0.6) is 5.75 Å². The summed E-state index contributed by atoms with van der Waals surface area (Å²) in [4.78, 5) is 25.4. The number of fused-ring (bicyclic) bond motifs is 1. The van der Waals surface area contributed by atoms with Crippen LogP contribution in [0.2, 0.25) is 0 Å². The number of rotatable bonds is 6. The largest absolute Gasteiger partial charge is 0.418 e. The molecular weight excluding hydrogens is 449 g/mol. The fourth-order valence-corrected chi connectivity index (χ4v) is 4.05. The van der Waals surface area contributed by atoms with Crippen LogP contribution in [0.1, 0.15) is 25.8 Å². The summed E-state index contributed by atoms with van der Waals surface area (Å²) in [6.45, 7) is 2.28. The first-order valence-electron chi connectivity index (χ1n) is 10.6. The molecule has 1 aromatic heterocycles. The summed E-state index contributed by atoms with van der Waals surface area (Å²) in [5.41, 5.74) is -4.08. The lowest BCUT2D eigenvalue weighted by molar-refractivity contribution is -0.271. The zero-order valence-electron chi connectivity index (χ0n) is 19.4. The first-order chi connectivity index (χ1) is 15.7. The Morgan fingerprint density at radius 1 is 1.03 bits per heavy atom. The van der Waals surface area contributed by atoms with Gasteiger partial charge < -0.3 is 19.3 Å². The Labute approximate surface area is 195 Å². The molecule has 34 heavy (non-hydrogen) atoms. The van der Waals surface area contributed by atoms with Gasteiger partial charge in [-0.3, -0.25) is 4.79 Å². The quantitative estimate of drug-likeness (QED) is 0.559. The van der Waals surface area contributed by atoms with E-state index < -0.39 is 36.3 Å². The van der Waals surface area contributed by atoms with Crippen LogP contribution in [0.3, 0.4) is 0 Å². The normalized spacial score (nSPS) is 14.0. The van der Waals surface area contributed by atoms with Crippen LogP contribution >= 0.6 is 0 Å². The molecule has 3 aromatic rings. The molecule has 0 radical (unpaired) electrons. The van der Waals surface area contributed by atoms with Crippen molar-refractivity contribution < 1.29 is 27.8 Å². The predicted octanol–water partition coefficient (Wildman–Crippen LogP) is 4.72. The number of amides is 1. The fraction of sp³-hybridized carbons (Fsp3) is 0.360. The molecule has 0 aliphatic heterocycles. The highest BCUT2D eigenvalue weighted by molar-refractivity contribution is 5.78. The Morgan fingerprint density at radius 2 is 1.65 bits per heavy atom. The van der Waals surface area contributed by atoms with Gasteiger partial charge in [-0.2, -0.15) is 13.2 Å². The topological polar surface area (TPSA) is 71.8 Å². The molecule has 0 spiro atoms. The van der Waals surface area contributed by atoms with Crippen molar-refractivity contribution in [3.05, 3.63) is 76.6 Å². The average molecular weight is 476 g/mol. The molecular formula is C25H27F3N2O4. The van der Waals surface area contributed by atoms with Gasteiger partial charge in [0, 0.05) is 37.3 Å². The van der Waals surface area contributed by atoms with Crippen LogP contribution < -0.4 is 10.2 Å². The van der Waals surface area contributed by atoms with E-state index in [1.54, 1.807) is 44.2 Å². The highest BCUT2D eigenvalue weighted by Gasteiger charge is 2.56. The molecule has 0 aliphatic rings. The number of para-hydroxylation sites is 2. The van der Waals surface area contributed by atoms with Gasteiger partial charge in [0.2, 0.25) is 0 Å². The van der Waals surface area contributed by atoms with E-state index in [4.69, 9.17) is 4.74 Å². The molecule has 1 unspecified atom stereocenters. The van der Waals surface area contributed by atoms with Gasteiger partial charge in [-0.15, -0.1) is 0 Å². The summed E-state index contributed by atoms with van der Waals surface area (Å²) < 4.78 is 49.5. The van der Waals surface area contributed by atoms with Gasteiger partial charge in [-0.1, -0.05) is 44.2 Å². The van der Waals surface area contributed by atoms with E-state index in [0.29, 0.717) is 5.56 Å². The number of nitrogens with zero attached hydrogens (tertiary/aromatic N) is 2. The number of hydrogen-bond acceptors (Lipinski definition) is 4. The number of aliphatic hydroxyl groups is 1. The Hall–Kier alpha value is -3.33. The maximum absolute atomic E-state index is 14.3. The van der Waals surface area contributed by atoms with Crippen molar-refractivity contribution in [2.45, 2.75) is 44.0 Å². The molecule has 182 valence electrons. The standard InChI is InChI=1S/C25H27F3N2O4/c1-23(2,18-10-6-8-12-21(18)34-22(32)29(3)4)15-24(33,25(26,27)28)16-30-14-13-20(31)17-9-5-7-11-19(17)30/h5-14,33H,15-16H2,1-4H3. The first kappa shape index (κ1) is 25.3. The molecule has 1 amide bonds. The van der Waals surface area contributed by atoms with E-state index in [9.17, 15) is 27.9 Å². The fourth-order valence-electron chi connectivity index (χ4n) is 4.05. The van der Waals surface area contributed by atoms with Crippen molar-refractivity contribution >= 4 is 17.0 Å². The number of halogens is 3. The van der Waals surface area contributed by atoms with E-state index >= 15 is 0 Å². The second kappa shape index (κ2) is 9.13. The summed E-state index contributed by atoms with van der Waals surface area (Å²) in [6.07, 6.45) is -5.13. The first-order valence-corrected chi connectivity index (χ1v) is 10.6. The zero-order chi connectivity index (χ0) is 25.3. The lowest BCUT2D eigenvalue weighted by Crippen LogP contribution is -2.52. The molecule has 0 saturated heterocycles. The molecule has 3 rings (SSSR count). The molecule has 0 fully saturated rings. The van der Waals surface area contributed by atoms with Gasteiger partial charge in [-0.05, 0) is 30.0 Å². The number of pyridine rings is 1. The SMILES string of the molecule is CN(C)C(=O)Oc1ccccc1C(C)(C)CC(O)(Cn1ccc(=O)c2ccccc21)C(F)(F)F. The monoisotopic (exact) mass is 476 g/mol. The van der Waals surface area contributed by atoms with Crippen molar-refractivity contribution in [1.82, 2.24) is 9.47 Å². The molecule has 6 nitrogen and oxygen atoms in total. The molecule has 1 atom stereocenters. The molecule has 2 aromatic carbocycles. The second-order valence-corrected chi connectivity index (χ2v) is 9.17. The molecule has 0 saturated carbocycles. The van der Waals surface area contributed by atoms with E-state index in [2.05, 4.69) is 0 Å². The van der Waals surface area contributed by atoms with Crippen molar-refractivity contribution in [3.63, 3.8) is 0 Å². The minimum Gasteiger partial charge on any atom is -0.410 e. The highest BCUT2D eigenvalue weighted by atomic mass is 19.4. The van der Waals surface area contributed by atoms with Crippen LogP contribution in [-0.4, -0.2) is 46.5 Å². The van der Waals surface area contributed by atoms with Crippen molar-refractivity contribution in [2.75, 3.05) is 14.1 Å². The van der Waals surface area contributed by atoms with Crippen molar-refractivity contribution in [3.8, 4) is 5.75 Å². The predicted molar refractivity (Wildman–Crippen MR) is 123 cm³/mol. The molecule has 1 N–H and O–H groups in total. The van der Waals surface area contributed by atoms with Crippen LogP contribution in [0.15, 0.2) is 65.6 Å². The van der Waals surface area contributed by atoms with Crippen molar-refractivity contribution in [1.29, 1.82) is 0 Å². The van der Waals surface area contributed by atoms with E-state index in [0.717, 1.165) is 0 Å². The van der Waals surface area contributed by atoms with Gasteiger partial charge in [0.1, 0.15) is 5.75 Å². The van der Waals surface area contributed by atoms with Gasteiger partial charge >= 0.3 is 12.3 Å². The molecule has 1 heterocycles. The molecule has 0 aliphatic carbocycles. The van der Waals surface area contributed by atoms with E-state index in [1.165, 1.54) is 54.0 Å². The van der Waals surface area contributed by atoms with Crippen LogP contribution in [-0.2, 0) is 12.0 Å². The Bertz CT molecular complexity index is 1250. The number of benzene rings is 2. The van der Waals surface area contributed by atoms with Gasteiger partial charge in [0.25, 0.3) is 0 Å². The summed E-state index contributed by atoms with van der Waals surface area (Å²) in [5.74, 6) is 0.115. The third-order valence-electron chi connectivity index (χ3n) is 5.76. The highest BCUT2D eigenvalue weighted by Crippen LogP contribution is 2.44. The zero-order valence-corrected chi connectivity index (χ0v) is 19.4. The third kappa shape index (κ3) is 5.09. The average Bonchev–Trinajstić information content (AvgIpc) is 2.75. The van der Waals surface area contributed by atoms with Crippen LogP contribution in [0, 0.1) is 0 Å². The molecule has 0 bridgehead atoms. The summed E-state index contributed by atoms with van der Waals surface area (Å²) >= 11 is 0. The lowest BCUT2D eigenvalue weighted by Gasteiger charge is -2.39. The lowest BCUT2D eigenvalue weighted by atomic mass is 9.74. The summed E-state index contributed by atoms with van der Waals surface area (Å²) in [6, 6.07) is 13.8. The van der Waals surface area contributed by atoms with Gasteiger partial charge in [0.05, 0.1) is 12.1 Å². The number of carbonyl (C=O) groups is 1. The van der Waals surface area contributed by atoms with Crippen molar-refractivity contribution in [2.24, 2.45) is 0 Å². The van der Waals surface area contributed by atoms with Crippen LogP contribution in [0.4, 0.5) is 18.0 Å². The van der Waals surface area contributed by atoms with E-state index in [-0.39, 0.29) is 22.1 Å². The van der Waals surface area contributed by atoms with Crippen LogP contribution in [0.25, 0.3) is 10.9 Å². The Morgan fingerprint density at radius 3 is 2.29 bits per heavy atom. The minimum atomic E-state index is -4.98. The Balaban J connectivity index is 2.03. The Kier molecular flexibility index (Phi) is 6.80. The molecule has 9 heteroatoms. The minimum absolute atomic E-state index is 0.115. The van der Waals surface area contributed by atoms with E-state index in [1.807, 2.05) is 0 Å². The third-order valence-corrected chi connectivity index (χ3v) is 5.76. The maximum Gasteiger partial charge on any atom is 0.418 e. The second-order valence-electron chi connectivity index (χ2n) is 9.17. The maximum atomic E-state index is 14.3. The van der Waals surface area contributed by atoms with Gasteiger partial charge in [0.15, 0.2) is 11.0 Å². The van der Waals surface area contributed by atoms with Gasteiger partial charge in [-0.25, -0.2) is 4.79 Å². The summed E-state index contributed by atoms with van der Waals surface area (Å²) in [7, 11) is 2.99. The number of ether oxygens (including phenoxy) is 1. The summed E-state index contributed by atoms with van der Waals surface area (Å²) in [5, 5.41) is 11.3. The smallest absolute Gasteiger partial charge is 0.410 e. The number of carbonyl (C=O) groups excluding carboxylic acids is 1.